The van der Waals surface area contributed by atoms with Crippen molar-refractivity contribution in [2.24, 2.45) is 5.41 Å². The van der Waals surface area contributed by atoms with Crippen LogP contribution in [0.4, 0.5) is 0 Å². The van der Waals surface area contributed by atoms with Crippen LogP contribution in [0.5, 0.6) is 0 Å². The van der Waals surface area contributed by atoms with E-state index in [1.165, 1.54) is 0 Å². The summed E-state index contributed by atoms with van der Waals surface area (Å²) >= 11 is 0. The molecule has 1 N–H and O–H groups in total. The van der Waals surface area contributed by atoms with Gasteiger partial charge in [-0.2, -0.15) is 0 Å². The Labute approximate surface area is 78.4 Å². The van der Waals surface area contributed by atoms with Crippen molar-refractivity contribution in [3.63, 3.8) is 0 Å². The zero-order chi connectivity index (χ0) is 10.1. The van der Waals surface area contributed by atoms with Crippen LogP contribution in [-0.4, -0.2) is 24.3 Å². The Morgan fingerprint density at radius 2 is 2.00 bits per heavy atom. The smallest absolute Gasteiger partial charge is 0.331 e. The number of aliphatic carboxylic acids is 1. The lowest BCUT2D eigenvalue weighted by atomic mass is 9.75. The van der Waals surface area contributed by atoms with Crippen molar-refractivity contribution in [3.05, 3.63) is 11.1 Å². The zero-order valence-corrected chi connectivity index (χ0v) is 8.39. The van der Waals surface area contributed by atoms with E-state index in [9.17, 15) is 4.79 Å². The van der Waals surface area contributed by atoms with E-state index in [0.717, 1.165) is 12.0 Å². The molecule has 0 aromatic rings. The molecule has 1 aliphatic heterocycles. The minimum Gasteiger partial charge on any atom is -0.478 e. The number of hydrogen-bond acceptors (Lipinski definition) is 2. The molecule has 0 amide bonds. The summed E-state index contributed by atoms with van der Waals surface area (Å²) in [6, 6.07) is 0. The SMILES string of the molecule is CCC1(/C(C)=C(\C)C(=O)O)COC1. The fraction of sp³-hybridized carbons (Fsp3) is 0.700. The number of rotatable bonds is 3. The molecule has 1 aliphatic rings. The molecular weight excluding hydrogens is 168 g/mol. The maximum Gasteiger partial charge on any atom is 0.331 e. The number of carbonyl (C=O) groups is 1. The van der Waals surface area contributed by atoms with Gasteiger partial charge in [-0.15, -0.1) is 0 Å². The highest BCUT2D eigenvalue weighted by Gasteiger charge is 2.39. The van der Waals surface area contributed by atoms with E-state index >= 15 is 0 Å². The van der Waals surface area contributed by atoms with E-state index in [0.29, 0.717) is 18.8 Å². The molecule has 0 aliphatic carbocycles. The molecule has 0 unspecified atom stereocenters. The molecule has 0 radical (unpaired) electrons. The Balaban J connectivity index is 2.92. The van der Waals surface area contributed by atoms with Gasteiger partial charge in [0.2, 0.25) is 0 Å². The lowest BCUT2D eigenvalue weighted by molar-refractivity contribution is -0.133. The van der Waals surface area contributed by atoms with Gasteiger partial charge in [0, 0.05) is 11.0 Å². The Kier molecular flexibility index (Phi) is 2.76. The molecule has 74 valence electrons. The second-order valence-corrected chi connectivity index (χ2v) is 3.68. The van der Waals surface area contributed by atoms with Gasteiger partial charge in [-0.25, -0.2) is 4.79 Å². The van der Waals surface area contributed by atoms with Crippen LogP contribution in [0.3, 0.4) is 0 Å². The van der Waals surface area contributed by atoms with Gasteiger partial charge in [-0.3, -0.25) is 0 Å². The molecule has 0 saturated carbocycles. The highest BCUT2D eigenvalue weighted by molar-refractivity contribution is 5.87. The van der Waals surface area contributed by atoms with Gasteiger partial charge in [0.1, 0.15) is 0 Å². The van der Waals surface area contributed by atoms with Gasteiger partial charge in [-0.1, -0.05) is 12.5 Å². The zero-order valence-electron chi connectivity index (χ0n) is 8.39. The Morgan fingerprint density at radius 3 is 2.23 bits per heavy atom. The summed E-state index contributed by atoms with van der Waals surface area (Å²) in [5.41, 5.74) is 1.43. The summed E-state index contributed by atoms with van der Waals surface area (Å²) < 4.78 is 5.15. The third-order valence-electron chi connectivity index (χ3n) is 3.11. The van der Waals surface area contributed by atoms with E-state index in [1.54, 1.807) is 6.92 Å². The molecule has 1 fully saturated rings. The molecule has 0 spiro atoms. The molecule has 1 saturated heterocycles. The van der Waals surface area contributed by atoms with Crippen molar-refractivity contribution >= 4 is 5.97 Å². The molecule has 3 nitrogen and oxygen atoms in total. The molecular formula is C10H16O3. The topological polar surface area (TPSA) is 46.5 Å². The minimum atomic E-state index is -0.822. The summed E-state index contributed by atoms with van der Waals surface area (Å²) in [4.78, 5) is 10.7. The van der Waals surface area contributed by atoms with Crippen molar-refractivity contribution in [1.82, 2.24) is 0 Å². The normalized spacial score (nSPS) is 21.8. The van der Waals surface area contributed by atoms with Gasteiger partial charge in [0.05, 0.1) is 13.2 Å². The second-order valence-electron chi connectivity index (χ2n) is 3.68. The van der Waals surface area contributed by atoms with Gasteiger partial charge in [-0.05, 0) is 20.3 Å². The summed E-state index contributed by atoms with van der Waals surface area (Å²) in [6.45, 7) is 6.96. The van der Waals surface area contributed by atoms with E-state index in [4.69, 9.17) is 9.84 Å². The largest absolute Gasteiger partial charge is 0.478 e. The van der Waals surface area contributed by atoms with Crippen LogP contribution in [-0.2, 0) is 9.53 Å². The van der Waals surface area contributed by atoms with Crippen molar-refractivity contribution in [3.8, 4) is 0 Å². The predicted molar refractivity (Wildman–Crippen MR) is 49.6 cm³/mol. The summed E-state index contributed by atoms with van der Waals surface area (Å²) in [7, 11) is 0. The van der Waals surface area contributed by atoms with Crippen LogP contribution in [0, 0.1) is 5.41 Å². The second kappa shape index (κ2) is 3.50. The first-order valence-electron chi connectivity index (χ1n) is 4.52. The average Bonchev–Trinajstić information content (AvgIpc) is 2.01. The van der Waals surface area contributed by atoms with Gasteiger partial charge in [0.25, 0.3) is 0 Å². The Bertz CT molecular complexity index is 243. The third kappa shape index (κ3) is 1.61. The molecule has 0 aromatic heterocycles. The van der Waals surface area contributed by atoms with Gasteiger partial charge >= 0.3 is 5.97 Å². The highest BCUT2D eigenvalue weighted by atomic mass is 16.5. The lowest BCUT2D eigenvalue weighted by Crippen LogP contribution is -2.43. The summed E-state index contributed by atoms with van der Waals surface area (Å²) in [5, 5.41) is 8.83. The maximum absolute atomic E-state index is 10.7. The predicted octanol–water partition coefficient (Wildman–Crippen LogP) is 1.83. The molecule has 0 bridgehead atoms. The fourth-order valence-electron chi connectivity index (χ4n) is 1.59. The van der Waals surface area contributed by atoms with Crippen LogP contribution >= 0.6 is 0 Å². The standard InChI is InChI=1S/C10H16O3/c1-4-10(5-13-6-10)8(3)7(2)9(11)12/h4-6H2,1-3H3,(H,11,12)/b8-7+. The molecule has 0 aromatic carbocycles. The molecule has 1 rings (SSSR count). The van der Waals surface area contributed by atoms with Crippen molar-refractivity contribution in [1.29, 1.82) is 0 Å². The van der Waals surface area contributed by atoms with Crippen LogP contribution in [0.1, 0.15) is 27.2 Å². The number of carboxylic acids is 1. The van der Waals surface area contributed by atoms with E-state index in [2.05, 4.69) is 6.92 Å². The maximum atomic E-state index is 10.7. The van der Waals surface area contributed by atoms with Crippen LogP contribution < -0.4 is 0 Å². The number of ether oxygens (including phenoxy) is 1. The fourth-order valence-corrected chi connectivity index (χ4v) is 1.59. The quantitative estimate of drug-likeness (QED) is 0.681. The van der Waals surface area contributed by atoms with Crippen molar-refractivity contribution in [2.75, 3.05) is 13.2 Å². The van der Waals surface area contributed by atoms with Crippen molar-refractivity contribution < 1.29 is 14.6 Å². The van der Waals surface area contributed by atoms with E-state index < -0.39 is 5.97 Å². The minimum absolute atomic E-state index is 0.00245. The monoisotopic (exact) mass is 184 g/mol. The third-order valence-corrected chi connectivity index (χ3v) is 3.11. The van der Waals surface area contributed by atoms with Gasteiger partial charge in [0.15, 0.2) is 0 Å². The molecule has 0 atom stereocenters. The Morgan fingerprint density at radius 1 is 1.46 bits per heavy atom. The molecule has 1 heterocycles. The molecule has 3 heteroatoms. The average molecular weight is 184 g/mol. The summed E-state index contributed by atoms with van der Waals surface area (Å²) in [5.74, 6) is -0.822. The van der Waals surface area contributed by atoms with E-state index in [1.807, 2.05) is 6.92 Å². The lowest BCUT2D eigenvalue weighted by Gasteiger charge is -2.42. The van der Waals surface area contributed by atoms with Gasteiger partial charge < -0.3 is 9.84 Å². The highest BCUT2D eigenvalue weighted by Crippen LogP contribution is 2.40. The molecule has 13 heavy (non-hydrogen) atoms. The number of carboxylic acid groups (broad SMARTS) is 1. The first-order chi connectivity index (χ1) is 6.03. The van der Waals surface area contributed by atoms with E-state index in [-0.39, 0.29) is 5.41 Å². The van der Waals surface area contributed by atoms with Crippen molar-refractivity contribution in [2.45, 2.75) is 27.2 Å². The van der Waals surface area contributed by atoms with Crippen LogP contribution in [0.2, 0.25) is 0 Å². The van der Waals surface area contributed by atoms with Crippen LogP contribution in [0.15, 0.2) is 11.1 Å². The number of hydrogen-bond donors (Lipinski definition) is 1. The summed E-state index contributed by atoms with van der Waals surface area (Å²) in [6.07, 6.45) is 0.948. The first-order valence-corrected chi connectivity index (χ1v) is 4.52. The Hall–Kier alpha value is -0.830. The van der Waals surface area contributed by atoms with Crippen LogP contribution in [0.25, 0.3) is 0 Å². The first kappa shape index (κ1) is 10.3.